The second kappa shape index (κ2) is 5.35. The summed E-state index contributed by atoms with van der Waals surface area (Å²) in [6.07, 6.45) is 5.31. The highest BCUT2D eigenvalue weighted by Crippen LogP contribution is 2.24. The van der Waals surface area contributed by atoms with Gasteiger partial charge in [0.2, 0.25) is 0 Å². The molecule has 1 rings (SSSR count). The van der Waals surface area contributed by atoms with Crippen LogP contribution in [-0.2, 0) is 4.79 Å². The largest absolute Gasteiger partial charge is 0.481 e. The minimum Gasteiger partial charge on any atom is -0.481 e. The fourth-order valence-electron chi connectivity index (χ4n) is 2.25. The minimum absolute atomic E-state index is 0.0954. The van der Waals surface area contributed by atoms with Crippen LogP contribution in [-0.4, -0.2) is 23.2 Å². The Morgan fingerprint density at radius 1 is 1.50 bits per heavy atom. The van der Waals surface area contributed by atoms with E-state index < -0.39 is 5.97 Å². The number of carboxylic acid groups (broad SMARTS) is 1. The first-order valence-corrected chi connectivity index (χ1v) is 5.57. The summed E-state index contributed by atoms with van der Waals surface area (Å²) < 4.78 is 0. The van der Waals surface area contributed by atoms with Gasteiger partial charge in [-0.05, 0) is 25.7 Å². The first-order chi connectivity index (χ1) is 6.59. The van der Waals surface area contributed by atoms with Crippen LogP contribution in [0.1, 0.15) is 46.0 Å². The first kappa shape index (κ1) is 11.5. The van der Waals surface area contributed by atoms with Crippen molar-refractivity contribution >= 4 is 5.97 Å². The average Bonchev–Trinajstić information content (AvgIpc) is 2.07. The number of hydrogen-bond acceptors (Lipinski definition) is 2. The zero-order valence-electron chi connectivity index (χ0n) is 9.12. The van der Waals surface area contributed by atoms with Gasteiger partial charge in [0, 0.05) is 12.1 Å². The summed E-state index contributed by atoms with van der Waals surface area (Å²) in [5.41, 5.74) is 0. The summed E-state index contributed by atoms with van der Waals surface area (Å²) in [5, 5.41) is 12.1. The summed E-state index contributed by atoms with van der Waals surface area (Å²) in [7, 11) is 0. The molecule has 0 radical (unpaired) electrons. The number of carboxylic acids is 1. The minimum atomic E-state index is -0.714. The van der Waals surface area contributed by atoms with Crippen LogP contribution in [0.15, 0.2) is 0 Å². The average molecular weight is 199 g/mol. The Morgan fingerprint density at radius 3 is 2.71 bits per heavy atom. The highest BCUT2D eigenvalue weighted by Gasteiger charge is 2.22. The highest BCUT2D eigenvalue weighted by molar-refractivity contribution is 5.67. The van der Waals surface area contributed by atoms with Gasteiger partial charge in [0.1, 0.15) is 0 Å². The predicted octanol–water partition coefficient (Wildman–Crippen LogP) is 2.02. The normalized spacial score (nSPS) is 29.9. The zero-order valence-corrected chi connectivity index (χ0v) is 9.12. The zero-order chi connectivity index (χ0) is 10.6. The van der Waals surface area contributed by atoms with Gasteiger partial charge in [-0.3, -0.25) is 4.79 Å². The molecule has 1 saturated carbocycles. The Morgan fingerprint density at radius 2 is 2.14 bits per heavy atom. The van der Waals surface area contributed by atoms with E-state index in [-0.39, 0.29) is 12.5 Å². The molecule has 0 saturated heterocycles. The predicted molar refractivity (Wildman–Crippen MR) is 56.3 cm³/mol. The van der Waals surface area contributed by atoms with Crippen molar-refractivity contribution in [3.05, 3.63) is 0 Å². The van der Waals surface area contributed by atoms with Crippen molar-refractivity contribution in [3.8, 4) is 0 Å². The summed E-state index contributed by atoms with van der Waals surface area (Å²) in [6.45, 7) is 4.21. The summed E-state index contributed by atoms with van der Waals surface area (Å²) in [6, 6.07) is 0.621. The van der Waals surface area contributed by atoms with E-state index in [4.69, 9.17) is 5.11 Å². The Hall–Kier alpha value is -0.570. The maximum atomic E-state index is 10.5. The van der Waals surface area contributed by atoms with E-state index >= 15 is 0 Å². The van der Waals surface area contributed by atoms with Crippen molar-refractivity contribution in [3.63, 3.8) is 0 Å². The van der Waals surface area contributed by atoms with E-state index in [9.17, 15) is 4.79 Å². The van der Waals surface area contributed by atoms with Crippen LogP contribution in [0.25, 0.3) is 0 Å². The smallest absolute Gasteiger partial charge is 0.304 e. The van der Waals surface area contributed by atoms with E-state index in [1.807, 2.05) is 6.92 Å². The van der Waals surface area contributed by atoms with Gasteiger partial charge in [-0.25, -0.2) is 0 Å². The van der Waals surface area contributed by atoms with Crippen LogP contribution in [0.5, 0.6) is 0 Å². The lowest BCUT2D eigenvalue weighted by molar-refractivity contribution is -0.137. The fourth-order valence-corrected chi connectivity index (χ4v) is 2.25. The summed E-state index contributed by atoms with van der Waals surface area (Å²) >= 11 is 0. The Labute approximate surface area is 85.9 Å². The maximum absolute atomic E-state index is 10.5. The molecule has 82 valence electrons. The molecular formula is C11H21NO2. The molecule has 3 nitrogen and oxygen atoms in total. The number of hydrogen-bond donors (Lipinski definition) is 2. The van der Waals surface area contributed by atoms with E-state index in [0.29, 0.717) is 12.0 Å². The molecule has 1 aliphatic rings. The van der Waals surface area contributed by atoms with Gasteiger partial charge in [-0.15, -0.1) is 0 Å². The molecular weight excluding hydrogens is 178 g/mol. The maximum Gasteiger partial charge on any atom is 0.304 e. The number of nitrogens with one attached hydrogen (secondary N) is 1. The molecule has 0 spiro atoms. The van der Waals surface area contributed by atoms with Crippen LogP contribution in [0.2, 0.25) is 0 Å². The van der Waals surface area contributed by atoms with Gasteiger partial charge in [0.05, 0.1) is 6.42 Å². The standard InChI is InChI=1S/C11H21NO2/c1-8-5-3-4-6-10(8)12-9(2)7-11(13)14/h8-10,12H,3-7H2,1-2H3,(H,13,14). The van der Waals surface area contributed by atoms with E-state index in [2.05, 4.69) is 12.2 Å². The van der Waals surface area contributed by atoms with Crippen LogP contribution in [0, 0.1) is 5.92 Å². The van der Waals surface area contributed by atoms with Crippen molar-refractivity contribution in [1.29, 1.82) is 0 Å². The topological polar surface area (TPSA) is 49.3 Å². The lowest BCUT2D eigenvalue weighted by Crippen LogP contribution is -2.43. The van der Waals surface area contributed by atoms with E-state index in [1.165, 1.54) is 25.7 Å². The highest BCUT2D eigenvalue weighted by atomic mass is 16.4. The van der Waals surface area contributed by atoms with Crippen molar-refractivity contribution in [1.82, 2.24) is 5.32 Å². The molecule has 2 N–H and O–H groups in total. The molecule has 0 bridgehead atoms. The van der Waals surface area contributed by atoms with E-state index in [0.717, 1.165) is 0 Å². The van der Waals surface area contributed by atoms with Gasteiger partial charge in [-0.1, -0.05) is 19.8 Å². The quantitative estimate of drug-likeness (QED) is 0.728. The molecule has 0 aromatic heterocycles. The molecule has 0 aliphatic heterocycles. The molecule has 0 amide bonds. The van der Waals surface area contributed by atoms with E-state index in [1.54, 1.807) is 0 Å². The van der Waals surface area contributed by atoms with Crippen LogP contribution in [0.4, 0.5) is 0 Å². The molecule has 3 heteroatoms. The van der Waals surface area contributed by atoms with Gasteiger partial charge >= 0.3 is 5.97 Å². The fraction of sp³-hybridized carbons (Fsp3) is 0.909. The second-order valence-corrected chi connectivity index (χ2v) is 4.53. The second-order valence-electron chi connectivity index (χ2n) is 4.53. The summed E-state index contributed by atoms with van der Waals surface area (Å²) in [5.74, 6) is -0.0199. The lowest BCUT2D eigenvalue weighted by Gasteiger charge is -2.31. The van der Waals surface area contributed by atoms with Crippen LogP contribution in [0.3, 0.4) is 0 Å². The number of rotatable bonds is 4. The third-order valence-corrected chi connectivity index (χ3v) is 3.09. The van der Waals surface area contributed by atoms with Crippen molar-refractivity contribution in [2.24, 2.45) is 5.92 Å². The Balaban J connectivity index is 2.30. The van der Waals surface area contributed by atoms with Crippen LogP contribution < -0.4 is 5.32 Å². The molecule has 1 aliphatic carbocycles. The van der Waals surface area contributed by atoms with Crippen molar-refractivity contribution in [2.75, 3.05) is 0 Å². The molecule has 3 atom stereocenters. The third kappa shape index (κ3) is 3.66. The molecule has 14 heavy (non-hydrogen) atoms. The van der Waals surface area contributed by atoms with Gasteiger partial charge in [0.25, 0.3) is 0 Å². The lowest BCUT2D eigenvalue weighted by atomic mass is 9.85. The Bertz CT molecular complexity index is 194. The van der Waals surface area contributed by atoms with Gasteiger partial charge in [0.15, 0.2) is 0 Å². The van der Waals surface area contributed by atoms with Crippen molar-refractivity contribution < 1.29 is 9.90 Å². The van der Waals surface area contributed by atoms with Crippen LogP contribution >= 0.6 is 0 Å². The molecule has 0 aromatic rings. The number of carbonyl (C=O) groups is 1. The monoisotopic (exact) mass is 199 g/mol. The SMILES string of the molecule is CC(CC(=O)O)NC1CCCCC1C. The first-order valence-electron chi connectivity index (χ1n) is 5.57. The molecule has 3 unspecified atom stereocenters. The Kier molecular flexibility index (Phi) is 4.39. The summed E-state index contributed by atoms with van der Waals surface area (Å²) in [4.78, 5) is 10.5. The van der Waals surface area contributed by atoms with Gasteiger partial charge in [-0.2, -0.15) is 0 Å². The van der Waals surface area contributed by atoms with Gasteiger partial charge < -0.3 is 10.4 Å². The molecule has 0 aromatic carbocycles. The van der Waals surface area contributed by atoms with Crippen molar-refractivity contribution in [2.45, 2.75) is 58.0 Å². The number of aliphatic carboxylic acids is 1. The molecule has 1 fully saturated rings. The third-order valence-electron chi connectivity index (χ3n) is 3.09. The molecule has 0 heterocycles.